The van der Waals surface area contributed by atoms with Gasteiger partial charge in [0.2, 0.25) is 0 Å². The van der Waals surface area contributed by atoms with Crippen molar-refractivity contribution in [3.63, 3.8) is 0 Å². The van der Waals surface area contributed by atoms with E-state index in [9.17, 15) is 0 Å². The number of fused-ring (bicyclic) bond motifs is 1. The third kappa shape index (κ3) is 5.03. The summed E-state index contributed by atoms with van der Waals surface area (Å²) in [6, 6.07) is 10.0. The molecule has 0 bridgehead atoms. The summed E-state index contributed by atoms with van der Waals surface area (Å²) >= 11 is 3.40. The Labute approximate surface area is 147 Å². The number of hydrogen-bond donors (Lipinski definition) is 0. The van der Waals surface area contributed by atoms with Crippen LogP contribution in [0.3, 0.4) is 0 Å². The van der Waals surface area contributed by atoms with Crippen LogP contribution < -0.4 is 14.2 Å². The molecule has 0 N–H and O–H groups in total. The van der Waals surface area contributed by atoms with E-state index in [1.54, 1.807) is 7.11 Å². The Bertz CT molecular complexity index is 625. The molecule has 0 aliphatic heterocycles. The van der Waals surface area contributed by atoms with E-state index in [0.717, 1.165) is 41.0 Å². The maximum absolute atomic E-state index is 5.85. The lowest BCUT2D eigenvalue weighted by atomic mass is 10.1. The van der Waals surface area contributed by atoms with Crippen LogP contribution in [0.5, 0.6) is 17.2 Å². The molecule has 0 spiro atoms. The van der Waals surface area contributed by atoms with E-state index >= 15 is 0 Å². The second kappa shape index (κ2) is 9.02. The molecule has 0 saturated heterocycles. The first-order chi connectivity index (χ1) is 11.2. The summed E-state index contributed by atoms with van der Waals surface area (Å²) in [5.74, 6) is 2.39. The van der Waals surface area contributed by atoms with Gasteiger partial charge in [0, 0.05) is 5.39 Å². The van der Waals surface area contributed by atoms with Crippen LogP contribution >= 0.6 is 15.9 Å². The van der Waals surface area contributed by atoms with E-state index in [2.05, 4.69) is 28.9 Å². The van der Waals surface area contributed by atoms with Crippen LogP contribution in [-0.2, 0) is 0 Å². The topological polar surface area (TPSA) is 27.7 Å². The van der Waals surface area contributed by atoms with E-state index in [0.29, 0.717) is 0 Å². The molecule has 0 fully saturated rings. The Morgan fingerprint density at radius 2 is 1.91 bits per heavy atom. The summed E-state index contributed by atoms with van der Waals surface area (Å²) in [7, 11) is 1.67. The fourth-order valence-corrected chi connectivity index (χ4v) is 2.75. The van der Waals surface area contributed by atoms with Gasteiger partial charge in [0.1, 0.15) is 5.75 Å². The fourth-order valence-electron chi connectivity index (χ4n) is 2.55. The number of ether oxygens (including phenoxy) is 3. The van der Waals surface area contributed by atoms with Gasteiger partial charge >= 0.3 is 0 Å². The van der Waals surface area contributed by atoms with Crippen LogP contribution in [0.15, 0.2) is 30.3 Å². The first-order valence-electron chi connectivity index (χ1n) is 8.20. The first kappa shape index (κ1) is 17.9. The van der Waals surface area contributed by atoms with E-state index in [1.165, 1.54) is 19.3 Å². The minimum absolute atomic E-state index is 0.0698. The second-order valence-corrected chi connectivity index (χ2v) is 6.84. The largest absolute Gasteiger partial charge is 0.494 e. The van der Waals surface area contributed by atoms with Gasteiger partial charge < -0.3 is 14.2 Å². The van der Waals surface area contributed by atoms with Gasteiger partial charge in [-0.1, -0.05) is 32.3 Å². The van der Waals surface area contributed by atoms with E-state index in [1.807, 2.05) is 31.2 Å². The third-order valence-corrected chi connectivity index (χ3v) is 3.85. The molecule has 0 aromatic heterocycles. The molecule has 0 radical (unpaired) electrons. The molecule has 4 heteroatoms. The average Bonchev–Trinajstić information content (AvgIpc) is 2.54. The summed E-state index contributed by atoms with van der Waals surface area (Å²) < 4.78 is 17.1. The molecular weight excluding hydrogens is 356 g/mol. The molecule has 0 heterocycles. The molecule has 0 amide bonds. The predicted octanol–water partition coefficient (Wildman–Crippen LogP) is 5.93. The van der Waals surface area contributed by atoms with E-state index in [4.69, 9.17) is 14.2 Å². The minimum atomic E-state index is -0.0698. The minimum Gasteiger partial charge on any atom is -0.494 e. The molecule has 2 rings (SSSR count). The normalized spacial score (nSPS) is 12.2. The Morgan fingerprint density at radius 1 is 1.09 bits per heavy atom. The van der Waals surface area contributed by atoms with Crippen molar-refractivity contribution in [1.82, 2.24) is 0 Å². The zero-order chi connectivity index (χ0) is 16.7. The molecule has 2 aromatic carbocycles. The molecule has 2 aromatic rings. The Morgan fingerprint density at radius 3 is 2.61 bits per heavy atom. The van der Waals surface area contributed by atoms with Crippen molar-refractivity contribution >= 4 is 26.7 Å². The van der Waals surface area contributed by atoms with Gasteiger partial charge in [-0.2, -0.15) is 0 Å². The molecule has 1 unspecified atom stereocenters. The quantitative estimate of drug-likeness (QED) is 0.398. The fraction of sp³-hybridized carbons (Fsp3) is 0.474. The first-order valence-corrected chi connectivity index (χ1v) is 9.11. The molecule has 23 heavy (non-hydrogen) atoms. The number of methoxy groups -OCH3 is 1. The Kier molecular flexibility index (Phi) is 7.03. The molecular formula is C19H25BrO3. The highest BCUT2D eigenvalue weighted by Crippen LogP contribution is 2.37. The van der Waals surface area contributed by atoms with Gasteiger partial charge in [0.05, 0.1) is 13.7 Å². The standard InChI is InChI=1S/C19H25BrO3/c1-4-5-6-7-12-22-16-9-10-17-15(13-16)8-11-18(19(17)21-3)23-14(2)20/h8-11,13-14H,4-7,12H2,1-3H3. The smallest absolute Gasteiger partial charge is 0.168 e. The van der Waals surface area contributed by atoms with Crippen molar-refractivity contribution in [1.29, 1.82) is 0 Å². The Balaban J connectivity index is 2.14. The lowest BCUT2D eigenvalue weighted by Gasteiger charge is -2.15. The van der Waals surface area contributed by atoms with Crippen molar-refractivity contribution < 1.29 is 14.2 Å². The molecule has 126 valence electrons. The van der Waals surface area contributed by atoms with Gasteiger partial charge in [0.25, 0.3) is 0 Å². The van der Waals surface area contributed by atoms with Crippen LogP contribution in [0.1, 0.15) is 39.5 Å². The SMILES string of the molecule is CCCCCCOc1ccc2c(OC)c(OC(C)Br)ccc2c1. The number of unbranched alkanes of at least 4 members (excludes halogenated alkanes) is 3. The number of hydrogen-bond acceptors (Lipinski definition) is 3. The summed E-state index contributed by atoms with van der Waals surface area (Å²) in [6.45, 7) is 4.91. The zero-order valence-electron chi connectivity index (χ0n) is 14.1. The lowest BCUT2D eigenvalue weighted by molar-refractivity contribution is 0.292. The number of alkyl halides is 1. The summed E-state index contributed by atoms with van der Waals surface area (Å²) in [4.78, 5) is 0. The van der Waals surface area contributed by atoms with Crippen LogP contribution in [0, 0.1) is 0 Å². The molecule has 0 saturated carbocycles. The van der Waals surface area contributed by atoms with Crippen LogP contribution in [0.2, 0.25) is 0 Å². The van der Waals surface area contributed by atoms with E-state index < -0.39 is 0 Å². The van der Waals surface area contributed by atoms with Gasteiger partial charge in [-0.15, -0.1) is 0 Å². The number of rotatable bonds is 9. The van der Waals surface area contributed by atoms with Crippen molar-refractivity contribution in [2.75, 3.05) is 13.7 Å². The maximum Gasteiger partial charge on any atom is 0.168 e. The summed E-state index contributed by atoms with van der Waals surface area (Å²) in [5, 5.41) is 2.04. The van der Waals surface area contributed by atoms with Crippen LogP contribution in [0.4, 0.5) is 0 Å². The van der Waals surface area contributed by atoms with Gasteiger partial charge in [0.15, 0.2) is 16.5 Å². The molecule has 0 aliphatic carbocycles. The van der Waals surface area contributed by atoms with Crippen LogP contribution in [-0.4, -0.2) is 18.7 Å². The maximum atomic E-state index is 5.85. The van der Waals surface area contributed by atoms with Crippen molar-refractivity contribution in [2.45, 2.75) is 44.5 Å². The average molecular weight is 381 g/mol. The highest BCUT2D eigenvalue weighted by molar-refractivity contribution is 9.09. The monoisotopic (exact) mass is 380 g/mol. The second-order valence-electron chi connectivity index (χ2n) is 5.55. The molecule has 3 nitrogen and oxygen atoms in total. The predicted molar refractivity (Wildman–Crippen MR) is 99.2 cm³/mol. The third-order valence-electron chi connectivity index (χ3n) is 3.67. The van der Waals surface area contributed by atoms with Crippen molar-refractivity contribution in [2.24, 2.45) is 0 Å². The van der Waals surface area contributed by atoms with Gasteiger partial charge in [-0.3, -0.25) is 0 Å². The van der Waals surface area contributed by atoms with Crippen molar-refractivity contribution in [3.8, 4) is 17.2 Å². The Hall–Kier alpha value is -1.42. The van der Waals surface area contributed by atoms with Gasteiger partial charge in [-0.25, -0.2) is 0 Å². The number of halogens is 1. The molecule has 0 aliphatic rings. The van der Waals surface area contributed by atoms with Crippen molar-refractivity contribution in [3.05, 3.63) is 30.3 Å². The lowest BCUT2D eigenvalue weighted by Crippen LogP contribution is -2.03. The highest BCUT2D eigenvalue weighted by Gasteiger charge is 2.12. The summed E-state index contributed by atoms with van der Waals surface area (Å²) in [5.41, 5.74) is 0. The zero-order valence-corrected chi connectivity index (χ0v) is 15.7. The highest BCUT2D eigenvalue weighted by atomic mass is 79.9. The molecule has 1 atom stereocenters. The van der Waals surface area contributed by atoms with Gasteiger partial charge in [-0.05, 0) is 58.9 Å². The van der Waals surface area contributed by atoms with E-state index in [-0.39, 0.29) is 5.01 Å². The summed E-state index contributed by atoms with van der Waals surface area (Å²) in [6.07, 6.45) is 4.84. The number of benzene rings is 2. The van der Waals surface area contributed by atoms with Crippen LogP contribution in [0.25, 0.3) is 10.8 Å².